The first-order chi connectivity index (χ1) is 8.36. The van der Waals surface area contributed by atoms with Gasteiger partial charge in [0.1, 0.15) is 5.58 Å². The number of diazo groups is 1. The predicted octanol–water partition coefficient (Wildman–Crippen LogP) is 1.91. The summed E-state index contributed by atoms with van der Waals surface area (Å²) in [6.45, 7) is 0. The van der Waals surface area contributed by atoms with Gasteiger partial charge in [-0.05, 0) is 12.1 Å². The first kappa shape index (κ1) is 12.3. The third-order valence-corrected chi connectivity index (χ3v) is 3.57. The van der Waals surface area contributed by atoms with Crippen molar-refractivity contribution in [1.29, 1.82) is 5.39 Å². The Kier molecular flexibility index (Phi) is 2.73. The summed E-state index contributed by atoms with van der Waals surface area (Å²) in [7, 11) is 1.03. The van der Waals surface area contributed by atoms with Crippen molar-refractivity contribution < 1.29 is 17.9 Å². The van der Waals surface area contributed by atoms with E-state index in [4.69, 9.17) is 20.5 Å². The second-order valence-electron chi connectivity index (χ2n) is 3.25. The van der Waals surface area contributed by atoms with Crippen LogP contribution < -0.4 is 5.63 Å². The van der Waals surface area contributed by atoms with E-state index in [0.717, 1.165) is 6.07 Å². The Morgan fingerprint density at radius 3 is 2.61 bits per heavy atom. The van der Waals surface area contributed by atoms with E-state index in [1.165, 1.54) is 12.1 Å². The third-order valence-electron chi connectivity index (χ3n) is 2.21. The molecule has 0 spiro atoms. The van der Waals surface area contributed by atoms with Crippen LogP contribution in [-0.2, 0) is 9.05 Å². The Morgan fingerprint density at radius 1 is 1.39 bits per heavy atom. The molecule has 9 heteroatoms. The average molecular weight is 288 g/mol. The molecule has 0 aliphatic carbocycles. The second-order valence-corrected chi connectivity index (χ2v) is 5.79. The molecule has 2 aromatic rings. The fraction of sp³-hybridized carbons (Fsp3) is 0. The summed E-state index contributed by atoms with van der Waals surface area (Å²) in [4.78, 5) is 13.4. The highest BCUT2D eigenvalue weighted by Crippen LogP contribution is 2.36. The van der Waals surface area contributed by atoms with E-state index in [9.17, 15) is 18.3 Å². The molecular formula is C9H4ClN2O5S+. The van der Waals surface area contributed by atoms with E-state index in [-0.39, 0.29) is 11.0 Å². The summed E-state index contributed by atoms with van der Waals surface area (Å²) in [6.07, 6.45) is 0. The molecule has 0 atom stereocenters. The summed E-state index contributed by atoms with van der Waals surface area (Å²) >= 11 is 0. The molecular weight excluding hydrogens is 284 g/mol. The standard InChI is InChI=1S/C9H3ClN2O5S/c10-18(15,16)5-3-1-2-4-6(5)8(13)7(12-11)9(14)17-4/h1-3H/p+1. The number of fused-ring (bicyclic) bond motifs is 1. The lowest BCUT2D eigenvalue weighted by molar-refractivity contribution is 0.471. The predicted molar refractivity (Wildman–Crippen MR) is 61.9 cm³/mol. The van der Waals surface area contributed by atoms with Crippen LogP contribution in [-0.4, -0.2) is 13.5 Å². The molecule has 0 unspecified atom stereocenters. The highest BCUT2D eigenvalue weighted by atomic mass is 35.7. The lowest BCUT2D eigenvalue weighted by Gasteiger charge is -2.01. The highest BCUT2D eigenvalue weighted by Gasteiger charge is 2.29. The van der Waals surface area contributed by atoms with Crippen LogP contribution in [0.1, 0.15) is 0 Å². The number of nitrogens with zero attached hydrogens (tertiary/aromatic N) is 2. The lowest BCUT2D eigenvalue weighted by atomic mass is 10.2. The Bertz CT molecular complexity index is 850. The van der Waals surface area contributed by atoms with Gasteiger partial charge in [0.05, 0.1) is 10.3 Å². The van der Waals surface area contributed by atoms with Gasteiger partial charge in [0, 0.05) is 10.7 Å². The van der Waals surface area contributed by atoms with Gasteiger partial charge in [-0.25, -0.2) is 13.2 Å². The van der Waals surface area contributed by atoms with Crippen LogP contribution in [0.15, 0.2) is 32.3 Å². The van der Waals surface area contributed by atoms with E-state index < -0.39 is 31.0 Å². The van der Waals surface area contributed by atoms with Gasteiger partial charge in [-0.15, -0.1) is 0 Å². The molecule has 0 fully saturated rings. The molecule has 0 saturated carbocycles. The van der Waals surface area contributed by atoms with Crippen molar-refractivity contribution in [2.45, 2.75) is 4.90 Å². The van der Waals surface area contributed by atoms with Crippen molar-refractivity contribution in [3.63, 3.8) is 0 Å². The molecule has 0 radical (unpaired) electrons. The Balaban J connectivity index is 3.13. The Morgan fingerprint density at radius 2 is 2.06 bits per heavy atom. The molecule has 0 aliphatic rings. The van der Waals surface area contributed by atoms with Crippen LogP contribution in [0, 0.1) is 5.39 Å². The summed E-state index contributed by atoms with van der Waals surface area (Å²) in [5.74, 6) is -0.816. The fourth-order valence-electron chi connectivity index (χ4n) is 1.48. The minimum atomic E-state index is -4.16. The largest absolute Gasteiger partial charge is 0.510 e. The van der Waals surface area contributed by atoms with Crippen molar-refractivity contribution in [3.8, 4) is 5.75 Å². The Labute approximate surface area is 104 Å². The molecule has 18 heavy (non-hydrogen) atoms. The van der Waals surface area contributed by atoms with Crippen LogP contribution in [0.25, 0.3) is 15.9 Å². The fourth-order valence-corrected chi connectivity index (χ4v) is 2.55. The Hall–Kier alpha value is -2.11. The number of hydrogen-bond acceptors (Lipinski definition) is 6. The lowest BCUT2D eigenvalue weighted by Crippen LogP contribution is -2.00. The zero-order valence-electron chi connectivity index (χ0n) is 8.49. The summed E-state index contributed by atoms with van der Waals surface area (Å²) in [5, 5.41) is 18.0. The van der Waals surface area contributed by atoms with Crippen molar-refractivity contribution in [2.24, 2.45) is 0 Å². The normalized spacial score (nSPS) is 11.3. The molecule has 0 aliphatic heterocycles. The zero-order chi connectivity index (χ0) is 13.5. The maximum absolute atomic E-state index is 11.3. The number of hydrogen-bond donors (Lipinski definition) is 1. The van der Waals surface area contributed by atoms with Gasteiger partial charge >= 0.3 is 11.3 Å². The maximum atomic E-state index is 11.3. The van der Waals surface area contributed by atoms with E-state index in [0.29, 0.717) is 0 Å². The zero-order valence-corrected chi connectivity index (χ0v) is 10.1. The smallest absolute Gasteiger partial charge is 0.501 e. The van der Waals surface area contributed by atoms with Crippen LogP contribution >= 0.6 is 10.7 Å². The SMILES string of the molecule is N#[N+]c1c(O)c2c(S(=O)(=O)Cl)cccc2oc1=O. The van der Waals surface area contributed by atoms with Crippen LogP contribution in [0.5, 0.6) is 5.75 Å². The minimum absolute atomic E-state index is 0.188. The number of rotatable bonds is 1. The summed E-state index contributed by atoms with van der Waals surface area (Å²) in [5.41, 5.74) is -2.09. The molecule has 1 N–H and O–H groups in total. The highest BCUT2D eigenvalue weighted by molar-refractivity contribution is 8.14. The molecule has 1 aromatic carbocycles. The second kappa shape index (κ2) is 3.97. The van der Waals surface area contributed by atoms with Gasteiger partial charge in [0.2, 0.25) is 11.1 Å². The van der Waals surface area contributed by atoms with Crippen molar-refractivity contribution in [1.82, 2.24) is 0 Å². The van der Waals surface area contributed by atoms with Crippen LogP contribution in [0.4, 0.5) is 5.69 Å². The third kappa shape index (κ3) is 1.79. The van der Waals surface area contributed by atoms with Gasteiger partial charge in [-0.2, -0.15) is 0 Å². The summed E-state index contributed by atoms with van der Waals surface area (Å²) < 4.78 is 27.4. The molecule has 7 nitrogen and oxygen atoms in total. The maximum Gasteiger partial charge on any atom is 0.510 e. The van der Waals surface area contributed by atoms with Crippen LogP contribution in [0.3, 0.4) is 0 Å². The summed E-state index contributed by atoms with van der Waals surface area (Å²) in [6, 6.07) is 3.67. The molecule has 0 saturated heterocycles. The number of halogens is 1. The molecule has 0 bridgehead atoms. The first-order valence-electron chi connectivity index (χ1n) is 4.45. The average Bonchev–Trinajstić information content (AvgIpc) is 2.27. The molecule has 1 heterocycles. The van der Waals surface area contributed by atoms with Crippen LogP contribution in [0.2, 0.25) is 0 Å². The van der Waals surface area contributed by atoms with Gasteiger partial charge in [-0.1, -0.05) is 6.07 Å². The monoisotopic (exact) mass is 287 g/mol. The topological polar surface area (TPSA) is 113 Å². The van der Waals surface area contributed by atoms with Gasteiger partial charge in [0.15, 0.2) is 4.98 Å². The van der Waals surface area contributed by atoms with E-state index in [1.54, 1.807) is 0 Å². The van der Waals surface area contributed by atoms with Crippen molar-refractivity contribution in [3.05, 3.63) is 33.6 Å². The molecule has 1 aromatic heterocycles. The first-order valence-corrected chi connectivity index (χ1v) is 6.75. The molecule has 2 rings (SSSR count). The van der Waals surface area contributed by atoms with Gasteiger partial charge in [0.25, 0.3) is 9.05 Å². The van der Waals surface area contributed by atoms with E-state index in [1.807, 2.05) is 0 Å². The van der Waals surface area contributed by atoms with Crippen molar-refractivity contribution in [2.75, 3.05) is 0 Å². The quantitative estimate of drug-likeness (QED) is 0.487. The number of benzene rings is 1. The molecule has 0 amide bonds. The van der Waals surface area contributed by atoms with Crippen molar-refractivity contribution >= 4 is 36.4 Å². The van der Waals surface area contributed by atoms with Gasteiger partial charge < -0.3 is 9.52 Å². The van der Waals surface area contributed by atoms with Gasteiger partial charge in [-0.3, -0.25) is 0 Å². The van der Waals surface area contributed by atoms with E-state index in [2.05, 4.69) is 4.98 Å². The minimum Gasteiger partial charge on any atom is -0.501 e. The number of aromatic hydroxyl groups is 1. The molecule has 92 valence electrons. The van der Waals surface area contributed by atoms with E-state index >= 15 is 0 Å².